The fraction of sp³-hybridized carbons (Fsp3) is 0.538. The zero-order valence-corrected chi connectivity index (χ0v) is 20.9. The highest BCUT2D eigenvalue weighted by Gasteiger charge is 2.37. The first kappa shape index (κ1) is 22.2. The second-order valence-corrected chi connectivity index (χ2v) is 10.6. The Morgan fingerprint density at radius 3 is 2.52 bits per heavy atom. The van der Waals surface area contributed by atoms with Gasteiger partial charge in [-0.15, -0.1) is 11.3 Å². The molecule has 1 aliphatic carbocycles. The Labute approximate surface area is 190 Å². The maximum atomic E-state index is 9.77. The van der Waals surface area contributed by atoms with Crippen LogP contribution >= 0.6 is 11.3 Å². The average molecular weight is 439 g/mol. The molecule has 1 aromatic rings. The van der Waals surface area contributed by atoms with Crippen molar-refractivity contribution in [3.8, 4) is 10.6 Å². The second kappa shape index (κ2) is 8.18. The minimum atomic E-state index is 0.0245. The van der Waals surface area contributed by atoms with Crippen LogP contribution in [0.5, 0.6) is 0 Å². The molecule has 2 heterocycles. The SMILES string of the molecule is CC[N+](CC)=c1cc2sc3c4c(cc(C)c3nc-2c(C)c1)N(CCO)C(C)(C)CC4C. The first-order valence-corrected chi connectivity index (χ1v) is 12.4. The molecule has 4 nitrogen and oxygen atoms in total. The van der Waals surface area contributed by atoms with E-state index in [0.29, 0.717) is 12.5 Å². The van der Waals surface area contributed by atoms with Crippen molar-refractivity contribution in [3.05, 3.63) is 40.2 Å². The quantitative estimate of drug-likeness (QED) is 0.464. The molecule has 0 saturated heterocycles. The third-order valence-electron chi connectivity index (χ3n) is 6.92. The van der Waals surface area contributed by atoms with E-state index in [9.17, 15) is 5.11 Å². The summed E-state index contributed by atoms with van der Waals surface area (Å²) < 4.78 is 3.72. The van der Waals surface area contributed by atoms with Crippen LogP contribution in [0.25, 0.3) is 20.8 Å². The molecule has 31 heavy (non-hydrogen) atoms. The van der Waals surface area contributed by atoms with Gasteiger partial charge >= 0.3 is 0 Å². The van der Waals surface area contributed by atoms with Crippen molar-refractivity contribution in [2.45, 2.75) is 66.3 Å². The van der Waals surface area contributed by atoms with E-state index < -0.39 is 0 Å². The van der Waals surface area contributed by atoms with Gasteiger partial charge in [0.25, 0.3) is 0 Å². The number of aliphatic hydroxyl groups excluding tert-OH is 1. The first-order chi connectivity index (χ1) is 14.7. The number of nitrogens with zero attached hydrogens (tertiary/aromatic N) is 3. The Bertz CT molecular complexity index is 1170. The second-order valence-electron chi connectivity index (χ2n) is 9.59. The van der Waals surface area contributed by atoms with Gasteiger partial charge in [-0.3, -0.25) is 0 Å². The number of hydrogen-bond acceptors (Lipinski definition) is 4. The number of aryl methyl sites for hydroxylation is 2. The number of aliphatic hydroxyl groups is 1. The Hall–Kier alpha value is -1.98. The summed E-state index contributed by atoms with van der Waals surface area (Å²) in [4.78, 5) is 8.87. The fourth-order valence-electron chi connectivity index (χ4n) is 5.47. The van der Waals surface area contributed by atoms with E-state index in [2.05, 4.69) is 76.1 Å². The summed E-state index contributed by atoms with van der Waals surface area (Å²) in [6.07, 6.45) is 1.07. The number of anilines is 1. The van der Waals surface area contributed by atoms with Crippen molar-refractivity contribution in [1.82, 2.24) is 9.56 Å². The van der Waals surface area contributed by atoms with Crippen LogP contribution in [0.15, 0.2) is 18.2 Å². The van der Waals surface area contributed by atoms with Crippen LogP contribution in [0.2, 0.25) is 0 Å². The van der Waals surface area contributed by atoms with Gasteiger partial charge in [0.05, 0.1) is 27.4 Å². The van der Waals surface area contributed by atoms with Gasteiger partial charge in [0.1, 0.15) is 13.1 Å². The van der Waals surface area contributed by atoms with E-state index in [-0.39, 0.29) is 12.1 Å². The molecule has 4 rings (SSSR count). The fourth-order valence-corrected chi connectivity index (χ4v) is 6.89. The third kappa shape index (κ3) is 3.66. The highest BCUT2D eigenvalue weighted by Crippen LogP contribution is 2.49. The molecule has 0 radical (unpaired) electrons. The molecule has 0 amide bonds. The van der Waals surface area contributed by atoms with Crippen LogP contribution in [-0.2, 0) is 0 Å². The summed E-state index contributed by atoms with van der Waals surface area (Å²) in [6.45, 7) is 18.6. The van der Waals surface area contributed by atoms with Crippen molar-refractivity contribution in [1.29, 1.82) is 0 Å². The van der Waals surface area contributed by atoms with Crippen LogP contribution in [-0.4, -0.2) is 41.9 Å². The number of benzene rings is 2. The number of fused-ring (bicyclic) bond motifs is 4. The van der Waals surface area contributed by atoms with E-state index >= 15 is 0 Å². The maximum absolute atomic E-state index is 9.77. The molecular formula is C26H36N3OS+. The van der Waals surface area contributed by atoms with E-state index in [1.54, 1.807) is 0 Å². The van der Waals surface area contributed by atoms with Gasteiger partial charge in [-0.1, -0.05) is 6.92 Å². The zero-order valence-electron chi connectivity index (χ0n) is 20.0. The van der Waals surface area contributed by atoms with E-state index in [1.807, 2.05) is 11.3 Å². The minimum Gasteiger partial charge on any atom is -0.395 e. The van der Waals surface area contributed by atoms with E-state index in [4.69, 9.17) is 4.98 Å². The lowest BCUT2D eigenvalue weighted by molar-refractivity contribution is 0.277. The molecule has 0 spiro atoms. The lowest BCUT2D eigenvalue weighted by atomic mass is 9.79. The molecule has 0 bridgehead atoms. The number of hydrogen-bond donors (Lipinski definition) is 1. The van der Waals surface area contributed by atoms with E-state index in [1.165, 1.54) is 37.3 Å². The summed E-state index contributed by atoms with van der Waals surface area (Å²) in [5, 5.41) is 11.1. The Kier molecular flexibility index (Phi) is 5.86. The van der Waals surface area contributed by atoms with Gasteiger partial charge < -0.3 is 10.0 Å². The molecule has 2 aliphatic heterocycles. The van der Waals surface area contributed by atoms with Crippen molar-refractivity contribution in [2.24, 2.45) is 0 Å². The molecular weight excluding hydrogens is 402 g/mol. The van der Waals surface area contributed by atoms with Crippen LogP contribution < -0.4 is 14.8 Å². The summed E-state index contributed by atoms with van der Waals surface area (Å²) in [7, 11) is 0. The van der Waals surface area contributed by atoms with Crippen molar-refractivity contribution in [2.75, 3.05) is 31.1 Å². The summed E-state index contributed by atoms with van der Waals surface area (Å²) in [5.74, 6) is 0.450. The lowest BCUT2D eigenvalue weighted by Gasteiger charge is -2.47. The predicted molar refractivity (Wildman–Crippen MR) is 134 cm³/mol. The smallest absolute Gasteiger partial charge is 0.201 e. The molecule has 1 N–H and O–H groups in total. The summed E-state index contributed by atoms with van der Waals surface area (Å²) in [5.41, 5.74) is 7.41. The Balaban J connectivity index is 2.09. The topological polar surface area (TPSA) is 39.4 Å². The average Bonchev–Trinajstić information content (AvgIpc) is 2.70. The van der Waals surface area contributed by atoms with Crippen molar-refractivity contribution in [3.63, 3.8) is 0 Å². The molecule has 5 heteroatoms. The molecule has 0 fully saturated rings. The zero-order chi connectivity index (χ0) is 22.5. The van der Waals surface area contributed by atoms with Gasteiger partial charge in [-0.25, -0.2) is 9.56 Å². The van der Waals surface area contributed by atoms with Crippen LogP contribution in [0, 0.1) is 13.8 Å². The lowest BCUT2D eigenvalue weighted by Crippen LogP contribution is -2.49. The monoisotopic (exact) mass is 438 g/mol. The number of rotatable bonds is 4. The summed E-state index contributed by atoms with van der Waals surface area (Å²) >= 11 is 1.89. The normalized spacial score (nSPS) is 17.9. The van der Waals surface area contributed by atoms with Gasteiger partial charge in [-0.2, -0.15) is 0 Å². The molecule has 1 aromatic carbocycles. The number of aromatic nitrogens is 1. The van der Waals surface area contributed by atoms with Gasteiger partial charge in [0.2, 0.25) is 5.36 Å². The molecule has 0 aromatic heterocycles. The van der Waals surface area contributed by atoms with Gasteiger partial charge in [0.15, 0.2) is 0 Å². The highest BCUT2D eigenvalue weighted by molar-refractivity contribution is 7.21. The molecule has 3 aliphatic rings. The molecule has 1 atom stereocenters. The van der Waals surface area contributed by atoms with Crippen molar-refractivity contribution < 1.29 is 5.11 Å². The van der Waals surface area contributed by atoms with Gasteiger partial charge in [-0.05, 0) is 76.6 Å². The standard InChI is InChI=1S/C26H36N3OS/c1-8-28(9-2)19-12-16(3)23-21(14-19)31-25-22-18(5)15-26(6,7)29(10-11-30)20(22)13-17(4)24(25)27-23/h12-14,18,30H,8-11,15H2,1-7H3/q+1. The van der Waals surface area contributed by atoms with Crippen molar-refractivity contribution >= 4 is 27.2 Å². The largest absolute Gasteiger partial charge is 0.395 e. The molecule has 166 valence electrons. The summed E-state index contributed by atoms with van der Waals surface area (Å²) in [6, 6.07) is 6.91. The first-order valence-electron chi connectivity index (χ1n) is 11.6. The Morgan fingerprint density at radius 1 is 1.16 bits per heavy atom. The van der Waals surface area contributed by atoms with E-state index in [0.717, 1.165) is 30.7 Å². The van der Waals surface area contributed by atoms with Crippen LogP contribution in [0.3, 0.4) is 0 Å². The maximum Gasteiger partial charge on any atom is 0.201 e. The Morgan fingerprint density at radius 2 is 1.87 bits per heavy atom. The predicted octanol–water partition coefficient (Wildman–Crippen LogP) is 4.91. The van der Waals surface area contributed by atoms with Crippen LogP contribution in [0.4, 0.5) is 5.69 Å². The molecule has 1 unspecified atom stereocenters. The number of β-amino-alcohol motifs (C(OH)–C–C–N with tert-alkyl or cyclic N) is 1. The third-order valence-corrected chi connectivity index (χ3v) is 8.07. The van der Waals surface area contributed by atoms with Crippen LogP contribution in [0.1, 0.15) is 63.6 Å². The highest BCUT2D eigenvalue weighted by atomic mass is 32.1. The van der Waals surface area contributed by atoms with Gasteiger partial charge in [0, 0.05) is 29.9 Å². The molecule has 0 saturated carbocycles. The minimum absolute atomic E-state index is 0.0245.